The van der Waals surface area contributed by atoms with Crippen LogP contribution in [0.5, 0.6) is 5.75 Å². The second-order valence-electron chi connectivity index (χ2n) is 6.62. The molecule has 0 saturated carbocycles. The minimum Gasteiger partial charge on any atom is -0.496 e. The maximum absolute atomic E-state index is 13.5. The van der Waals surface area contributed by atoms with Crippen LogP contribution in [0.4, 0.5) is 0 Å². The summed E-state index contributed by atoms with van der Waals surface area (Å²) in [4.78, 5) is 13.5. The molecule has 0 amide bonds. The molecular formula is C24H19ClO3. The Labute approximate surface area is 168 Å². The first-order valence-electron chi connectivity index (χ1n) is 8.99. The predicted molar refractivity (Wildman–Crippen MR) is 114 cm³/mol. The molecule has 0 aliphatic heterocycles. The van der Waals surface area contributed by atoms with Crippen LogP contribution in [-0.4, -0.2) is 7.11 Å². The molecule has 0 saturated heterocycles. The van der Waals surface area contributed by atoms with Crippen LogP contribution in [0.1, 0.15) is 11.1 Å². The zero-order valence-corrected chi connectivity index (χ0v) is 16.4. The predicted octanol–water partition coefficient (Wildman–Crippen LogP) is 6.18. The van der Waals surface area contributed by atoms with Crippen molar-refractivity contribution >= 4 is 22.6 Å². The number of fused-ring (bicyclic) bond motifs is 1. The second kappa shape index (κ2) is 7.53. The summed E-state index contributed by atoms with van der Waals surface area (Å²) in [7, 11) is 1.58. The maximum atomic E-state index is 13.5. The van der Waals surface area contributed by atoms with Crippen LogP contribution in [0.2, 0.25) is 0 Å². The highest BCUT2D eigenvalue weighted by atomic mass is 35.5. The van der Waals surface area contributed by atoms with Crippen molar-refractivity contribution in [2.75, 3.05) is 7.11 Å². The van der Waals surface area contributed by atoms with Gasteiger partial charge in [-0.3, -0.25) is 4.79 Å². The summed E-state index contributed by atoms with van der Waals surface area (Å²) >= 11 is 6.18. The average molecular weight is 391 g/mol. The van der Waals surface area contributed by atoms with E-state index in [1.54, 1.807) is 19.2 Å². The Morgan fingerprint density at radius 2 is 1.64 bits per heavy atom. The lowest BCUT2D eigenvalue weighted by Crippen LogP contribution is -2.09. The van der Waals surface area contributed by atoms with E-state index < -0.39 is 0 Å². The standard InChI is InChI=1S/C24H19ClO3/c1-15-8-10-17(11-9-15)23-21(16-6-4-3-5-7-16)22(26)18-12-13-20(27-2)19(14-25)24(18)28-23/h3-13H,14H2,1-2H3. The zero-order valence-electron chi connectivity index (χ0n) is 15.7. The van der Waals surface area contributed by atoms with E-state index in [4.69, 9.17) is 20.8 Å². The first kappa shape index (κ1) is 18.3. The molecule has 0 atom stereocenters. The van der Waals surface area contributed by atoms with Crippen LogP contribution < -0.4 is 10.2 Å². The van der Waals surface area contributed by atoms with E-state index in [1.165, 1.54) is 0 Å². The number of alkyl halides is 1. The van der Waals surface area contributed by atoms with Crippen molar-refractivity contribution in [2.24, 2.45) is 0 Å². The van der Waals surface area contributed by atoms with Crippen molar-refractivity contribution < 1.29 is 9.15 Å². The number of benzene rings is 3. The topological polar surface area (TPSA) is 39.4 Å². The van der Waals surface area contributed by atoms with Gasteiger partial charge < -0.3 is 9.15 Å². The molecule has 0 N–H and O–H groups in total. The van der Waals surface area contributed by atoms with E-state index >= 15 is 0 Å². The molecule has 1 heterocycles. The Morgan fingerprint density at radius 3 is 2.29 bits per heavy atom. The molecule has 0 bridgehead atoms. The van der Waals surface area contributed by atoms with Gasteiger partial charge in [-0.1, -0.05) is 60.2 Å². The van der Waals surface area contributed by atoms with E-state index in [2.05, 4.69) is 0 Å². The lowest BCUT2D eigenvalue weighted by Gasteiger charge is -2.14. The average Bonchev–Trinajstić information content (AvgIpc) is 2.74. The fourth-order valence-corrected chi connectivity index (χ4v) is 3.64. The van der Waals surface area contributed by atoms with Crippen molar-refractivity contribution in [1.29, 1.82) is 0 Å². The normalized spacial score (nSPS) is 11.0. The number of ether oxygens (including phenoxy) is 1. The number of rotatable bonds is 4. The minimum atomic E-state index is -0.0861. The lowest BCUT2D eigenvalue weighted by atomic mass is 9.97. The summed E-state index contributed by atoms with van der Waals surface area (Å²) in [6.45, 7) is 2.02. The largest absolute Gasteiger partial charge is 0.496 e. The third kappa shape index (κ3) is 3.08. The zero-order chi connectivity index (χ0) is 19.7. The molecule has 28 heavy (non-hydrogen) atoms. The quantitative estimate of drug-likeness (QED) is 0.390. The van der Waals surface area contributed by atoms with E-state index in [0.29, 0.717) is 33.6 Å². The van der Waals surface area contributed by atoms with Gasteiger partial charge in [-0.2, -0.15) is 0 Å². The number of hydrogen-bond acceptors (Lipinski definition) is 3. The minimum absolute atomic E-state index is 0.0861. The van der Waals surface area contributed by atoms with Gasteiger partial charge in [0.1, 0.15) is 17.1 Å². The first-order valence-corrected chi connectivity index (χ1v) is 9.52. The van der Waals surface area contributed by atoms with Gasteiger partial charge in [-0.05, 0) is 24.6 Å². The summed E-state index contributed by atoms with van der Waals surface area (Å²) in [5.74, 6) is 1.32. The third-order valence-electron chi connectivity index (χ3n) is 4.85. The Morgan fingerprint density at radius 1 is 0.929 bits per heavy atom. The fourth-order valence-electron chi connectivity index (χ4n) is 3.39. The molecule has 3 aromatic carbocycles. The van der Waals surface area contributed by atoms with E-state index in [1.807, 2.05) is 61.5 Å². The third-order valence-corrected chi connectivity index (χ3v) is 5.12. The van der Waals surface area contributed by atoms with Crippen molar-refractivity contribution in [3.63, 3.8) is 0 Å². The lowest BCUT2D eigenvalue weighted by molar-refractivity contribution is 0.410. The Bertz CT molecular complexity index is 1190. The van der Waals surface area contributed by atoms with Gasteiger partial charge >= 0.3 is 0 Å². The maximum Gasteiger partial charge on any atom is 0.201 e. The Balaban J connectivity index is 2.14. The van der Waals surface area contributed by atoms with Gasteiger partial charge in [0.2, 0.25) is 5.43 Å². The fraction of sp³-hybridized carbons (Fsp3) is 0.125. The highest BCUT2D eigenvalue weighted by Gasteiger charge is 2.20. The van der Waals surface area contributed by atoms with Gasteiger partial charge in [0, 0.05) is 5.56 Å². The molecular weight excluding hydrogens is 372 g/mol. The molecule has 0 aliphatic rings. The van der Waals surface area contributed by atoms with E-state index in [-0.39, 0.29) is 11.3 Å². The number of halogens is 1. The van der Waals surface area contributed by atoms with E-state index in [9.17, 15) is 4.79 Å². The van der Waals surface area contributed by atoms with Crippen LogP contribution in [-0.2, 0) is 5.88 Å². The van der Waals surface area contributed by atoms with Crippen molar-refractivity contribution in [2.45, 2.75) is 12.8 Å². The van der Waals surface area contributed by atoms with Gasteiger partial charge in [0.05, 0.1) is 29.5 Å². The highest BCUT2D eigenvalue weighted by molar-refractivity contribution is 6.18. The van der Waals surface area contributed by atoms with Crippen molar-refractivity contribution in [1.82, 2.24) is 0 Å². The van der Waals surface area contributed by atoms with Crippen LogP contribution in [0.15, 0.2) is 75.9 Å². The van der Waals surface area contributed by atoms with Gasteiger partial charge in [-0.15, -0.1) is 11.6 Å². The monoisotopic (exact) mass is 390 g/mol. The molecule has 4 rings (SSSR count). The van der Waals surface area contributed by atoms with Crippen LogP contribution in [0, 0.1) is 6.92 Å². The molecule has 0 spiro atoms. The molecule has 0 aliphatic carbocycles. The number of hydrogen-bond donors (Lipinski definition) is 0. The molecule has 3 nitrogen and oxygen atoms in total. The summed E-state index contributed by atoms with van der Waals surface area (Å²) in [6.07, 6.45) is 0. The Kier molecular flexibility index (Phi) is 4.93. The molecule has 0 fully saturated rings. The van der Waals surface area contributed by atoms with Crippen LogP contribution in [0.3, 0.4) is 0 Å². The molecule has 0 radical (unpaired) electrons. The van der Waals surface area contributed by atoms with Crippen molar-refractivity contribution in [3.05, 3.63) is 88.1 Å². The molecule has 0 unspecified atom stereocenters. The molecule has 4 aromatic rings. The summed E-state index contributed by atoms with van der Waals surface area (Å²) in [5.41, 5.74) is 4.39. The summed E-state index contributed by atoms with van der Waals surface area (Å²) < 4.78 is 11.8. The SMILES string of the molecule is COc1ccc2c(=O)c(-c3ccccc3)c(-c3ccc(C)cc3)oc2c1CCl. The molecule has 1 aromatic heterocycles. The van der Waals surface area contributed by atoms with Gasteiger partial charge in [0.15, 0.2) is 0 Å². The summed E-state index contributed by atoms with van der Waals surface area (Å²) in [5, 5.41) is 0.492. The molecule has 140 valence electrons. The summed E-state index contributed by atoms with van der Waals surface area (Å²) in [6, 6.07) is 21.0. The van der Waals surface area contributed by atoms with Gasteiger partial charge in [-0.25, -0.2) is 0 Å². The smallest absolute Gasteiger partial charge is 0.201 e. The number of aryl methyl sites for hydroxylation is 1. The van der Waals surface area contributed by atoms with E-state index in [0.717, 1.165) is 16.7 Å². The van der Waals surface area contributed by atoms with Crippen LogP contribution in [0.25, 0.3) is 33.4 Å². The first-order chi connectivity index (χ1) is 13.6. The molecule has 4 heteroatoms. The highest BCUT2D eigenvalue weighted by Crippen LogP contribution is 2.36. The second-order valence-corrected chi connectivity index (χ2v) is 6.89. The van der Waals surface area contributed by atoms with Crippen LogP contribution >= 0.6 is 11.6 Å². The Hall–Kier alpha value is -3.04. The number of methoxy groups -OCH3 is 1. The van der Waals surface area contributed by atoms with Gasteiger partial charge in [0.25, 0.3) is 0 Å². The van der Waals surface area contributed by atoms with Crippen molar-refractivity contribution in [3.8, 4) is 28.2 Å².